The van der Waals surface area contributed by atoms with Crippen LogP contribution in [0.2, 0.25) is 0 Å². The van der Waals surface area contributed by atoms with Crippen molar-refractivity contribution in [2.24, 2.45) is 0 Å². The van der Waals surface area contributed by atoms with Crippen molar-refractivity contribution in [3.05, 3.63) is 28.8 Å². The van der Waals surface area contributed by atoms with Crippen LogP contribution in [0.1, 0.15) is 55.7 Å². The molecule has 1 aliphatic heterocycles. The summed E-state index contributed by atoms with van der Waals surface area (Å²) in [5, 5.41) is 5.14. The van der Waals surface area contributed by atoms with Crippen LogP contribution in [0.5, 0.6) is 0 Å². The Balaban J connectivity index is 2.09. The Labute approximate surface area is 174 Å². The summed E-state index contributed by atoms with van der Waals surface area (Å²) in [7, 11) is -3.63. The van der Waals surface area contributed by atoms with Gasteiger partial charge in [-0.2, -0.15) is 4.31 Å². The lowest BCUT2D eigenvalue weighted by molar-refractivity contribution is -0.139. The molecule has 0 saturated carbocycles. The quantitative estimate of drug-likeness (QED) is 0.657. The van der Waals surface area contributed by atoms with Crippen LogP contribution in [-0.4, -0.2) is 50.2 Å². The Kier molecular flexibility index (Phi) is 8.22. The number of carbonyl (C=O) groups is 2. The van der Waals surface area contributed by atoms with E-state index in [2.05, 4.69) is 10.6 Å². The monoisotopic (exact) mass is 423 g/mol. The molecule has 1 aromatic rings. The fourth-order valence-corrected chi connectivity index (χ4v) is 6.16. The molecule has 0 bridgehead atoms. The number of hydrogen-bond donors (Lipinski definition) is 2. The van der Waals surface area contributed by atoms with E-state index in [-0.39, 0.29) is 12.6 Å². The van der Waals surface area contributed by atoms with E-state index in [4.69, 9.17) is 0 Å². The normalized spacial score (nSPS) is 17.7. The van der Waals surface area contributed by atoms with Crippen molar-refractivity contribution >= 4 is 21.8 Å². The molecule has 0 aliphatic carbocycles. The van der Waals surface area contributed by atoms with Gasteiger partial charge in [-0.05, 0) is 57.6 Å². The third-order valence-corrected chi connectivity index (χ3v) is 7.51. The molecule has 0 radical (unpaired) electrons. The number of nitrogens with zero attached hydrogens (tertiary/aromatic N) is 1. The Hall–Kier alpha value is -1.93. The van der Waals surface area contributed by atoms with Crippen molar-refractivity contribution in [1.29, 1.82) is 0 Å². The number of piperidine rings is 1. The fourth-order valence-electron chi connectivity index (χ4n) is 4.02. The highest BCUT2D eigenvalue weighted by Crippen LogP contribution is 2.31. The Morgan fingerprint density at radius 2 is 1.62 bits per heavy atom. The second-order valence-electron chi connectivity index (χ2n) is 7.79. The molecule has 162 valence electrons. The number of amides is 2. The van der Waals surface area contributed by atoms with Gasteiger partial charge in [0.1, 0.15) is 0 Å². The molecule has 1 atom stereocenters. The number of sulfonamides is 1. The van der Waals surface area contributed by atoms with Crippen molar-refractivity contribution in [3.8, 4) is 0 Å². The first-order valence-electron chi connectivity index (χ1n) is 10.3. The second kappa shape index (κ2) is 10.2. The van der Waals surface area contributed by atoms with E-state index in [0.717, 1.165) is 42.4 Å². The molecular weight excluding hydrogens is 390 g/mol. The fraction of sp³-hybridized carbons (Fsp3) is 0.619. The maximum absolute atomic E-state index is 13.4. The zero-order valence-electron chi connectivity index (χ0n) is 17.9. The molecule has 0 unspecified atom stereocenters. The number of hydrogen-bond acceptors (Lipinski definition) is 4. The molecule has 1 fully saturated rings. The standard InChI is InChI=1S/C21H33N3O4S/c1-5-10-22-20(25)21(26)23-11-9-18-8-6-7-12-24(18)29(27,28)19-16(3)13-15(2)14-17(19)4/h13-14,18H,5-12H2,1-4H3,(H,22,25)(H,23,26)/t18-/m0/s1. The van der Waals surface area contributed by atoms with Gasteiger partial charge in [0, 0.05) is 25.7 Å². The molecule has 1 aliphatic rings. The van der Waals surface area contributed by atoms with Gasteiger partial charge in [-0.25, -0.2) is 8.42 Å². The van der Waals surface area contributed by atoms with E-state index in [9.17, 15) is 18.0 Å². The lowest BCUT2D eigenvalue weighted by Crippen LogP contribution is -2.46. The SMILES string of the molecule is CCCNC(=O)C(=O)NCC[C@@H]1CCCCN1S(=O)(=O)c1c(C)cc(C)cc1C. The second-order valence-corrected chi connectivity index (χ2v) is 9.62. The summed E-state index contributed by atoms with van der Waals surface area (Å²) < 4.78 is 28.5. The van der Waals surface area contributed by atoms with Crippen molar-refractivity contribution < 1.29 is 18.0 Å². The van der Waals surface area contributed by atoms with E-state index >= 15 is 0 Å². The minimum absolute atomic E-state index is 0.187. The van der Waals surface area contributed by atoms with E-state index < -0.39 is 21.8 Å². The largest absolute Gasteiger partial charge is 0.348 e. The molecule has 8 heteroatoms. The Morgan fingerprint density at radius 1 is 1.03 bits per heavy atom. The van der Waals surface area contributed by atoms with Gasteiger partial charge in [0.2, 0.25) is 10.0 Å². The summed E-state index contributed by atoms with van der Waals surface area (Å²) in [6.07, 6.45) is 3.77. The average Bonchev–Trinajstić information content (AvgIpc) is 2.65. The Bertz CT molecular complexity index is 828. The number of rotatable bonds is 7. The maximum atomic E-state index is 13.4. The maximum Gasteiger partial charge on any atom is 0.309 e. The summed E-state index contributed by atoms with van der Waals surface area (Å²) in [4.78, 5) is 23.9. The van der Waals surface area contributed by atoms with Crippen molar-refractivity contribution in [2.45, 2.75) is 70.7 Å². The van der Waals surface area contributed by atoms with Crippen LogP contribution in [0.4, 0.5) is 0 Å². The van der Waals surface area contributed by atoms with Gasteiger partial charge in [-0.3, -0.25) is 9.59 Å². The van der Waals surface area contributed by atoms with Crippen molar-refractivity contribution in [2.75, 3.05) is 19.6 Å². The van der Waals surface area contributed by atoms with Crippen LogP contribution < -0.4 is 10.6 Å². The molecule has 0 spiro atoms. The summed E-state index contributed by atoms with van der Waals surface area (Å²) >= 11 is 0. The minimum Gasteiger partial charge on any atom is -0.348 e. The first-order chi connectivity index (χ1) is 13.7. The molecular formula is C21H33N3O4S. The molecule has 1 saturated heterocycles. The van der Waals surface area contributed by atoms with Gasteiger partial charge in [0.15, 0.2) is 0 Å². The first-order valence-corrected chi connectivity index (χ1v) is 11.8. The van der Waals surface area contributed by atoms with E-state index in [1.807, 2.05) is 39.8 Å². The van der Waals surface area contributed by atoms with Crippen LogP contribution in [0.3, 0.4) is 0 Å². The summed E-state index contributed by atoms with van der Waals surface area (Å²) in [6.45, 7) is 8.73. The molecule has 0 aromatic heterocycles. The van der Waals surface area contributed by atoms with Gasteiger partial charge in [0.25, 0.3) is 0 Å². The topological polar surface area (TPSA) is 95.6 Å². The van der Waals surface area contributed by atoms with E-state index in [1.54, 1.807) is 4.31 Å². The molecule has 7 nitrogen and oxygen atoms in total. The molecule has 1 heterocycles. The third kappa shape index (κ3) is 5.79. The summed E-state index contributed by atoms with van der Waals surface area (Å²) in [5.74, 6) is -1.32. The van der Waals surface area contributed by atoms with Crippen LogP contribution in [0.15, 0.2) is 17.0 Å². The van der Waals surface area contributed by atoms with Crippen molar-refractivity contribution in [1.82, 2.24) is 14.9 Å². The Morgan fingerprint density at radius 3 is 2.21 bits per heavy atom. The average molecular weight is 424 g/mol. The summed E-state index contributed by atoms with van der Waals surface area (Å²) in [5.41, 5.74) is 2.55. The van der Waals surface area contributed by atoms with Gasteiger partial charge >= 0.3 is 11.8 Å². The highest BCUT2D eigenvalue weighted by atomic mass is 32.2. The zero-order valence-corrected chi connectivity index (χ0v) is 18.7. The highest BCUT2D eigenvalue weighted by molar-refractivity contribution is 7.89. The van der Waals surface area contributed by atoms with Gasteiger partial charge < -0.3 is 10.6 Å². The molecule has 29 heavy (non-hydrogen) atoms. The van der Waals surface area contributed by atoms with E-state index in [1.165, 1.54) is 0 Å². The van der Waals surface area contributed by atoms with E-state index in [0.29, 0.717) is 24.4 Å². The smallest absolute Gasteiger partial charge is 0.309 e. The van der Waals surface area contributed by atoms with Gasteiger partial charge in [-0.1, -0.05) is 31.0 Å². The zero-order chi connectivity index (χ0) is 21.6. The van der Waals surface area contributed by atoms with Gasteiger partial charge in [0.05, 0.1) is 4.90 Å². The minimum atomic E-state index is -3.63. The highest BCUT2D eigenvalue weighted by Gasteiger charge is 2.35. The van der Waals surface area contributed by atoms with Crippen LogP contribution in [0, 0.1) is 20.8 Å². The van der Waals surface area contributed by atoms with Crippen LogP contribution in [-0.2, 0) is 19.6 Å². The number of benzene rings is 1. The van der Waals surface area contributed by atoms with Gasteiger partial charge in [-0.15, -0.1) is 0 Å². The predicted octanol–water partition coefficient (Wildman–Crippen LogP) is 2.19. The molecule has 2 amide bonds. The molecule has 1 aromatic carbocycles. The van der Waals surface area contributed by atoms with Crippen LogP contribution in [0.25, 0.3) is 0 Å². The predicted molar refractivity (Wildman–Crippen MR) is 113 cm³/mol. The molecule has 2 rings (SSSR count). The summed E-state index contributed by atoms with van der Waals surface area (Å²) in [6, 6.07) is 3.61. The lowest BCUT2D eigenvalue weighted by atomic mass is 10.0. The molecule has 2 N–H and O–H groups in total. The van der Waals surface area contributed by atoms with Crippen LogP contribution >= 0.6 is 0 Å². The first kappa shape index (κ1) is 23.3. The number of carbonyl (C=O) groups excluding carboxylic acids is 2. The number of aryl methyl sites for hydroxylation is 3. The number of nitrogens with one attached hydrogen (secondary N) is 2. The third-order valence-electron chi connectivity index (χ3n) is 5.25. The van der Waals surface area contributed by atoms with Crippen molar-refractivity contribution in [3.63, 3.8) is 0 Å². The lowest BCUT2D eigenvalue weighted by Gasteiger charge is -2.35.